The molecule has 0 bridgehead atoms. The van der Waals surface area contributed by atoms with E-state index in [9.17, 15) is 4.79 Å². The van der Waals surface area contributed by atoms with Crippen molar-refractivity contribution in [3.8, 4) is 0 Å². The standard InChI is InChI=1S/C14H17N3O2S/c1-14(5-3-7-19-14)8-17-12(18)11-10(15)9-4-2-6-16-13(9)20-11/h2,4,6H,3,5,7-8,15H2,1H3,(H,17,18). The smallest absolute Gasteiger partial charge is 0.263 e. The van der Waals surface area contributed by atoms with Gasteiger partial charge in [-0.2, -0.15) is 0 Å². The first-order valence-corrected chi connectivity index (χ1v) is 7.46. The number of hydrogen-bond acceptors (Lipinski definition) is 5. The van der Waals surface area contributed by atoms with E-state index in [1.807, 2.05) is 19.1 Å². The Morgan fingerprint density at radius 1 is 1.65 bits per heavy atom. The Labute approximate surface area is 121 Å². The zero-order chi connectivity index (χ0) is 14.2. The SMILES string of the molecule is CC1(CNC(=O)c2sc3ncccc3c2N)CCCO1. The highest BCUT2D eigenvalue weighted by molar-refractivity contribution is 7.21. The molecule has 1 fully saturated rings. The number of fused-ring (bicyclic) bond motifs is 1. The third kappa shape index (κ3) is 2.36. The molecule has 106 valence electrons. The summed E-state index contributed by atoms with van der Waals surface area (Å²) in [6, 6.07) is 3.70. The molecule has 1 aliphatic heterocycles. The van der Waals surface area contributed by atoms with Crippen LogP contribution in [0.4, 0.5) is 5.69 Å². The van der Waals surface area contributed by atoms with Gasteiger partial charge in [0.2, 0.25) is 0 Å². The molecule has 0 saturated carbocycles. The normalized spacial score (nSPS) is 22.2. The summed E-state index contributed by atoms with van der Waals surface area (Å²) in [6.07, 6.45) is 3.71. The van der Waals surface area contributed by atoms with E-state index in [0.29, 0.717) is 17.1 Å². The fourth-order valence-electron chi connectivity index (χ4n) is 2.44. The van der Waals surface area contributed by atoms with Gasteiger partial charge in [-0.3, -0.25) is 4.79 Å². The number of anilines is 1. The minimum atomic E-state index is -0.251. The zero-order valence-corrected chi connectivity index (χ0v) is 12.1. The van der Waals surface area contributed by atoms with Gasteiger partial charge in [-0.15, -0.1) is 11.3 Å². The first-order valence-electron chi connectivity index (χ1n) is 6.64. The summed E-state index contributed by atoms with van der Waals surface area (Å²) in [5.74, 6) is -0.151. The molecule has 20 heavy (non-hydrogen) atoms. The molecule has 3 heterocycles. The number of carbonyl (C=O) groups is 1. The van der Waals surface area contributed by atoms with Gasteiger partial charge in [0.1, 0.15) is 9.71 Å². The highest BCUT2D eigenvalue weighted by Gasteiger charge is 2.30. The van der Waals surface area contributed by atoms with Crippen molar-refractivity contribution < 1.29 is 9.53 Å². The average Bonchev–Trinajstić information content (AvgIpc) is 3.02. The number of pyridine rings is 1. The summed E-state index contributed by atoms with van der Waals surface area (Å²) in [6.45, 7) is 3.30. The molecule has 0 radical (unpaired) electrons. The van der Waals surface area contributed by atoms with E-state index in [4.69, 9.17) is 10.5 Å². The van der Waals surface area contributed by atoms with Crippen LogP contribution in [0.15, 0.2) is 18.3 Å². The molecular formula is C14H17N3O2S. The number of nitrogens with two attached hydrogens (primary N) is 1. The number of nitrogens with one attached hydrogen (secondary N) is 1. The maximum Gasteiger partial charge on any atom is 0.263 e. The second-order valence-electron chi connectivity index (χ2n) is 5.29. The lowest BCUT2D eigenvalue weighted by atomic mass is 10.0. The maximum atomic E-state index is 12.3. The van der Waals surface area contributed by atoms with Crippen molar-refractivity contribution in [1.29, 1.82) is 0 Å². The minimum Gasteiger partial charge on any atom is -0.397 e. The Hall–Kier alpha value is -1.66. The van der Waals surface area contributed by atoms with Crippen molar-refractivity contribution in [1.82, 2.24) is 10.3 Å². The molecule has 1 saturated heterocycles. The van der Waals surface area contributed by atoms with E-state index in [1.165, 1.54) is 11.3 Å². The van der Waals surface area contributed by atoms with E-state index < -0.39 is 0 Å². The van der Waals surface area contributed by atoms with Gasteiger partial charge in [-0.1, -0.05) is 0 Å². The molecule has 1 amide bonds. The molecule has 6 heteroatoms. The van der Waals surface area contributed by atoms with Crippen molar-refractivity contribution in [2.24, 2.45) is 0 Å². The zero-order valence-electron chi connectivity index (χ0n) is 11.3. The molecule has 0 aromatic carbocycles. The average molecular weight is 291 g/mol. The Morgan fingerprint density at radius 3 is 3.20 bits per heavy atom. The van der Waals surface area contributed by atoms with E-state index in [0.717, 1.165) is 29.7 Å². The molecular weight excluding hydrogens is 274 g/mol. The lowest BCUT2D eigenvalue weighted by Crippen LogP contribution is -2.40. The van der Waals surface area contributed by atoms with Crippen LogP contribution in [0.3, 0.4) is 0 Å². The van der Waals surface area contributed by atoms with Crippen LogP contribution >= 0.6 is 11.3 Å². The number of nitrogens with zero attached hydrogens (tertiary/aromatic N) is 1. The van der Waals surface area contributed by atoms with Crippen LogP contribution in [0.1, 0.15) is 29.4 Å². The van der Waals surface area contributed by atoms with Gasteiger partial charge in [-0.25, -0.2) is 4.98 Å². The summed E-state index contributed by atoms with van der Waals surface area (Å²) >= 11 is 1.32. The quantitative estimate of drug-likeness (QED) is 0.908. The first-order chi connectivity index (χ1) is 9.59. The van der Waals surface area contributed by atoms with Crippen molar-refractivity contribution in [2.45, 2.75) is 25.4 Å². The monoisotopic (exact) mass is 291 g/mol. The molecule has 5 nitrogen and oxygen atoms in total. The number of carbonyl (C=O) groups excluding carboxylic acids is 1. The van der Waals surface area contributed by atoms with Crippen LogP contribution in [-0.4, -0.2) is 29.6 Å². The lowest BCUT2D eigenvalue weighted by Gasteiger charge is -2.23. The number of hydrogen-bond donors (Lipinski definition) is 2. The molecule has 1 aliphatic rings. The minimum absolute atomic E-state index is 0.151. The van der Waals surface area contributed by atoms with Gasteiger partial charge in [-0.05, 0) is 31.9 Å². The Balaban J connectivity index is 1.77. The summed E-state index contributed by atoms with van der Waals surface area (Å²) in [7, 11) is 0. The summed E-state index contributed by atoms with van der Waals surface area (Å²) in [4.78, 5) is 17.8. The number of amides is 1. The third-order valence-electron chi connectivity index (χ3n) is 3.63. The first kappa shape index (κ1) is 13.3. The molecule has 2 aromatic rings. The van der Waals surface area contributed by atoms with Crippen LogP contribution in [0.2, 0.25) is 0 Å². The van der Waals surface area contributed by atoms with Gasteiger partial charge in [0.25, 0.3) is 5.91 Å². The number of ether oxygens (including phenoxy) is 1. The van der Waals surface area contributed by atoms with Gasteiger partial charge in [0, 0.05) is 24.7 Å². The topological polar surface area (TPSA) is 77.2 Å². The van der Waals surface area contributed by atoms with E-state index in [1.54, 1.807) is 6.20 Å². The van der Waals surface area contributed by atoms with Gasteiger partial charge in [0.05, 0.1) is 11.3 Å². The van der Waals surface area contributed by atoms with Crippen molar-refractivity contribution in [3.63, 3.8) is 0 Å². The highest BCUT2D eigenvalue weighted by Crippen LogP contribution is 2.32. The summed E-state index contributed by atoms with van der Waals surface area (Å²) in [5, 5.41) is 3.76. The van der Waals surface area contributed by atoms with Crippen molar-refractivity contribution in [3.05, 3.63) is 23.2 Å². The van der Waals surface area contributed by atoms with Gasteiger partial charge in [0.15, 0.2) is 0 Å². The van der Waals surface area contributed by atoms with Gasteiger partial charge < -0.3 is 15.8 Å². The third-order valence-corrected chi connectivity index (χ3v) is 4.76. The van der Waals surface area contributed by atoms with Crippen LogP contribution < -0.4 is 11.1 Å². The number of thiophene rings is 1. The van der Waals surface area contributed by atoms with E-state index in [2.05, 4.69) is 10.3 Å². The maximum absolute atomic E-state index is 12.3. The fourth-order valence-corrected chi connectivity index (χ4v) is 3.42. The van der Waals surface area contributed by atoms with Crippen LogP contribution in [-0.2, 0) is 4.74 Å². The summed E-state index contributed by atoms with van der Waals surface area (Å²) in [5.41, 5.74) is 6.29. The van der Waals surface area contributed by atoms with Crippen LogP contribution in [0, 0.1) is 0 Å². The Bertz CT molecular complexity index is 647. The van der Waals surface area contributed by atoms with Crippen LogP contribution in [0.25, 0.3) is 10.2 Å². The molecule has 3 rings (SSSR count). The largest absolute Gasteiger partial charge is 0.397 e. The molecule has 3 N–H and O–H groups in total. The van der Waals surface area contributed by atoms with Crippen molar-refractivity contribution in [2.75, 3.05) is 18.9 Å². The number of nitrogen functional groups attached to an aromatic ring is 1. The molecule has 0 aliphatic carbocycles. The molecule has 0 spiro atoms. The van der Waals surface area contributed by atoms with E-state index in [-0.39, 0.29) is 11.5 Å². The second-order valence-corrected chi connectivity index (χ2v) is 6.28. The van der Waals surface area contributed by atoms with E-state index >= 15 is 0 Å². The number of aromatic nitrogens is 1. The predicted molar refractivity (Wildman–Crippen MR) is 80.0 cm³/mol. The molecule has 1 atom stereocenters. The number of rotatable bonds is 3. The van der Waals surface area contributed by atoms with Crippen molar-refractivity contribution >= 4 is 33.1 Å². The van der Waals surface area contributed by atoms with Crippen LogP contribution in [0.5, 0.6) is 0 Å². The second kappa shape index (κ2) is 5.03. The fraction of sp³-hybridized carbons (Fsp3) is 0.429. The Morgan fingerprint density at radius 2 is 2.50 bits per heavy atom. The summed E-state index contributed by atoms with van der Waals surface area (Å²) < 4.78 is 5.66. The molecule has 2 aromatic heterocycles. The Kier molecular flexibility index (Phi) is 3.35. The van der Waals surface area contributed by atoms with Gasteiger partial charge >= 0.3 is 0 Å². The molecule has 1 unspecified atom stereocenters. The lowest BCUT2D eigenvalue weighted by molar-refractivity contribution is 0.0206. The highest BCUT2D eigenvalue weighted by atomic mass is 32.1. The predicted octanol–water partition coefficient (Wildman–Crippen LogP) is 2.18.